The van der Waals surface area contributed by atoms with Crippen molar-refractivity contribution < 1.29 is 27.8 Å². The van der Waals surface area contributed by atoms with Gasteiger partial charge in [0.2, 0.25) is 0 Å². The number of carbonyl (C=O) groups is 1. The lowest BCUT2D eigenvalue weighted by Gasteiger charge is -2.20. The van der Waals surface area contributed by atoms with E-state index in [4.69, 9.17) is 11.6 Å². The van der Waals surface area contributed by atoms with Crippen molar-refractivity contribution in [1.82, 2.24) is 15.2 Å². The molecule has 3 heterocycles. The van der Waals surface area contributed by atoms with Crippen LogP contribution in [0.4, 0.5) is 24.7 Å². The Hall–Kier alpha value is -3.31. The minimum absolute atomic E-state index is 0.0311. The molecule has 1 fully saturated rings. The summed E-state index contributed by atoms with van der Waals surface area (Å²) in [6.07, 6.45) is 0.324. The van der Waals surface area contributed by atoms with Crippen molar-refractivity contribution in [2.75, 3.05) is 23.3 Å². The van der Waals surface area contributed by atoms with Gasteiger partial charge in [0.15, 0.2) is 0 Å². The number of alkyl halides is 4. The third kappa shape index (κ3) is 4.94. The van der Waals surface area contributed by atoms with E-state index in [1.807, 2.05) is 0 Å². The van der Waals surface area contributed by atoms with Crippen LogP contribution >= 0.6 is 11.6 Å². The fourth-order valence-corrected chi connectivity index (χ4v) is 3.39. The Morgan fingerprint density at radius 1 is 1.28 bits per heavy atom. The van der Waals surface area contributed by atoms with Gasteiger partial charge in [-0.15, -0.1) is 8.78 Å². The molecule has 0 bridgehead atoms. The number of nitrogens with zero attached hydrogens (tertiary/aromatic N) is 3. The molecule has 0 aliphatic carbocycles. The molecule has 2 atom stereocenters. The average Bonchev–Trinajstić information content (AvgIpc) is 3.38. The van der Waals surface area contributed by atoms with Crippen molar-refractivity contribution in [2.45, 2.75) is 17.8 Å². The third-order valence-electron chi connectivity index (χ3n) is 4.78. The lowest BCUT2D eigenvalue weighted by atomic mass is 10.1. The molecular formula is C20H17ClF3N5O3. The first kappa shape index (κ1) is 21.9. The van der Waals surface area contributed by atoms with E-state index in [1.165, 1.54) is 36.7 Å². The van der Waals surface area contributed by atoms with E-state index >= 15 is 0 Å². The number of aliphatic hydroxyl groups is 1. The van der Waals surface area contributed by atoms with Crippen LogP contribution in [0.1, 0.15) is 10.4 Å². The van der Waals surface area contributed by atoms with Gasteiger partial charge in [-0.05, 0) is 36.4 Å². The van der Waals surface area contributed by atoms with Gasteiger partial charge in [0, 0.05) is 41.8 Å². The summed E-state index contributed by atoms with van der Waals surface area (Å²) in [5, 5.41) is 19.1. The van der Waals surface area contributed by atoms with Gasteiger partial charge in [-0.3, -0.25) is 9.89 Å². The lowest BCUT2D eigenvalue weighted by Crippen LogP contribution is -2.23. The number of nitrogens with one attached hydrogen (secondary N) is 2. The molecule has 1 aliphatic rings. The molecule has 4 rings (SSSR count). The number of β-amino-alcohol motifs (C(OH)–C–C–N with tert-alkyl or cyclic N) is 1. The van der Waals surface area contributed by atoms with E-state index in [2.05, 4.69) is 25.2 Å². The van der Waals surface area contributed by atoms with E-state index in [-0.39, 0.29) is 24.4 Å². The first-order chi connectivity index (χ1) is 15.2. The number of aromatic nitrogens is 3. The first-order valence-corrected chi connectivity index (χ1v) is 9.81. The molecule has 0 radical (unpaired) electrons. The zero-order valence-electron chi connectivity index (χ0n) is 16.3. The van der Waals surface area contributed by atoms with Crippen LogP contribution in [0.15, 0.2) is 48.8 Å². The summed E-state index contributed by atoms with van der Waals surface area (Å²) in [6.45, 7) is 0.0349. The molecule has 1 amide bonds. The molecule has 2 unspecified atom stereocenters. The van der Waals surface area contributed by atoms with Crippen LogP contribution in [0.25, 0.3) is 11.3 Å². The van der Waals surface area contributed by atoms with Crippen LogP contribution in [0.5, 0.6) is 5.75 Å². The second-order valence-electron chi connectivity index (χ2n) is 7.08. The highest BCUT2D eigenvalue weighted by Gasteiger charge is 2.33. The smallest absolute Gasteiger partial charge is 0.420 e. The predicted octanol–water partition coefficient (Wildman–Crippen LogP) is 3.41. The molecule has 8 nitrogen and oxygen atoms in total. The molecule has 168 valence electrons. The van der Waals surface area contributed by atoms with E-state index in [1.54, 1.807) is 17.0 Å². The Morgan fingerprint density at radius 3 is 2.62 bits per heavy atom. The van der Waals surface area contributed by atoms with Crippen LogP contribution in [0, 0.1) is 0 Å². The van der Waals surface area contributed by atoms with Crippen molar-refractivity contribution >= 4 is 29.0 Å². The first-order valence-electron chi connectivity index (χ1n) is 9.43. The maximum Gasteiger partial charge on any atom is 0.487 e. The molecule has 1 aromatic carbocycles. The number of pyridine rings is 1. The molecule has 2 aromatic heterocycles. The van der Waals surface area contributed by atoms with Crippen LogP contribution in [0.3, 0.4) is 0 Å². The van der Waals surface area contributed by atoms with Crippen LogP contribution in [-0.2, 0) is 0 Å². The molecule has 3 N–H and O–H groups in total. The molecule has 0 spiro atoms. The van der Waals surface area contributed by atoms with Gasteiger partial charge in [0.25, 0.3) is 5.91 Å². The summed E-state index contributed by atoms with van der Waals surface area (Å²) in [5.41, 5.74) is -2.25. The summed E-state index contributed by atoms with van der Waals surface area (Å²) in [4.78, 5) is 18.6. The molecule has 1 saturated heterocycles. The van der Waals surface area contributed by atoms with Crippen molar-refractivity contribution in [1.29, 1.82) is 0 Å². The van der Waals surface area contributed by atoms with E-state index in [9.17, 15) is 23.1 Å². The number of anilines is 2. The number of benzene rings is 1. The maximum absolute atomic E-state index is 13.8. The van der Waals surface area contributed by atoms with Gasteiger partial charge in [-0.25, -0.2) is 9.37 Å². The number of carbonyl (C=O) groups excluding carboxylic acids is 1. The monoisotopic (exact) mass is 467 g/mol. The minimum atomic E-state index is -3.84. The Morgan fingerprint density at radius 2 is 2.03 bits per heavy atom. The van der Waals surface area contributed by atoms with Crippen molar-refractivity contribution in [3.63, 3.8) is 0 Å². The fraction of sp³-hybridized carbons (Fsp3) is 0.250. The number of hydrogen-bond donors (Lipinski definition) is 3. The highest BCUT2D eigenvalue weighted by Crippen LogP contribution is 2.32. The number of aromatic amines is 1. The molecular weight excluding hydrogens is 451 g/mol. The average molecular weight is 468 g/mol. The van der Waals surface area contributed by atoms with Gasteiger partial charge in [-0.2, -0.15) is 5.10 Å². The number of ether oxygens (including phenoxy) is 1. The fourth-order valence-electron chi connectivity index (χ4n) is 3.30. The maximum atomic E-state index is 13.8. The number of amides is 1. The lowest BCUT2D eigenvalue weighted by molar-refractivity contribution is -0.0964. The predicted molar refractivity (Wildman–Crippen MR) is 111 cm³/mol. The van der Waals surface area contributed by atoms with Crippen LogP contribution in [0.2, 0.25) is 0 Å². The van der Waals surface area contributed by atoms with Gasteiger partial charge in [-0.1, -0.05) is 0 Å². The summed E-state index contributed by atoms with van der Waals surface area (Å²) in [6, 6.07) is 8.45. The van der Waals surface area contributed by atoms with Crippen LogP contribution < -0.4 is 15.0 Å². The van der Waals surface area contributed by atoms with E-state index < -0.39 is 23.8 Å². The summed E-state index contributed by atoms with van der Waals surface area (Å²) in [5.74, 6) is -0.283. The second-order valence-corrected chi connectivity index (χ2v) is 7.52. The number of rotatable bonds is 6. The molecule has 0 saturated carbocycles. The summed E-state index contributed by atoms with van der Waals surface area (Å²) < 4.78 is 43.5. The Labute approximate surface area is 185 Å². The van der Waals surface area contributed by atoms with Gasteiger partial charge in [0.05, 0.1) is 17.8 Å². The van der Waals surface area contributed by atoms with Crippen molar-refractivity contribution in [3.8, 4) is 17.0 Å². The minimum Gasteiger partial charge on any atom is -0.420 e. The topological polar surface area (TPSA) is 103 Å². The molecule has 32 heavy (non-hydrogen) atoms. The third-order valence-corrected chi connectivity index (χ3v) is 4.86. The molecule has 1 aliphatic heterocycles. The zero-order chi connectivity index (χ0) is 22.9. The number of hydrogen-bond acceptors (Lipinski definition) is 6. The summed E-state index contributed by atoms with van der Waals surface area (Å²) >= 11 is 4.73. The highest BCUT2D eigenvalue weighted by atomic mass is 35.5. The van der Waals surface area contributed by atoms with Gasteiger partial charge >= 0.3 is 5.57 Å². The largest absolute Gasteiger partial charge is 0.487 e. The van der Waals surface area contributed by atoms with Crippen molar-refractivity contribution in [3.05, 3.63) is 54.4 Å². The Bertz CT molecular complexity index is 1080. The normalized spacial score (nSPS) is 18.6. The highest BCUT2D eigenvalue weighted by molar-refractivity contribution is 6.20. The van der Waals surface area contributed by atoms with Crippen molar-refractivity contribution in [2.24, 2.45) is 0 Å². The number of halogens is 4. The Kier molecular flexibility index (Phi) is 5.94. The SMILES string of the molecule is O=C(Nc1ccc(OC(F)(F)Cl)cc1)c1cnc(N2CC(O)C(F)C2)c(-c2ccn[nH]2)c1. The van der Waals surface area contributed by atoms with E-state index in [0.717, 1.165) is 0 Å². The zero-order valence-corrected chi connectivity index (χ0v) is 17.1. The standard InChI is InChI=1S/C20H17ClF3N5O3/c21-20(23,24)32-13-3-1-12(2-4-13)27-19(31)11-7-14(16-5-6-26-28-16)18(25-8-11)29-9-15(22)17(30)10-29/h1-8,15,17,30H,9-10H2,(H,26,28)(H,27,31). The molecule has 12 heteroatoms. The van der Waals surface area contributed by atoms with Gasteiger partial charge < -0.3 is 20.1 Å². The second kappa shape index (κ2) is 8.67. The number of aliphatic hydroxyl groups excluding tert-OH is 1. The van der Waals surface area contributed by atoms with Gasteiger partial charge in [0.1, 0.15) is 23.8 Å². The number of H-pyrrole nitrogens is 1. The quantitative estimate of drug-likeness (QED) is 0.480. The molecule has 3 aromatic rings. The van der Waals surface area contributed by atoms with Crippen LogP contribution in [-0.4, -0.2) is 57.1 Å². The summed E-state index contributed by atoms with van der Waals surface area (Å²) in [7, 11) is 0. The van der Waals surface area contributed by atoms with E-state index in [0.29, 0.717) is 22.8 Å². The Balaban J connectivity index is 1.56.